The Bertz CT molecular complexity index is 372. The fourth-order valence-corrected chi connectivity index (χ4v) is 3.93. The summed E-state index contributed by atoms with van der Waals surface area (Å²) in [5.74, 6) is 0.622. The predicted molar refractivity (Wildman–Crippen MR) is 69.6 cm³/mol. The van der Waals surface area contributed by atoms with Gasteiger partial charge in [0, 0.05) is 21.7 Å². The average Bonchev–Trinajstić information content (AvgIpc) is 2.33. The largest absolute Gasteiger partial charge is 0.398 e. The second-order valence-corrected chi connectivity index (χ2v) is 6.20. The van der Waals surface area contributed by atoms with Gasteiger partial charge in [-0.3, -0.25) is 4.21 Å². The van der Waals surface area contributed by atoms with Crippen LogP contribution in [0.5, 0.6) is 0 Å². The summed E-state index contributed by atoms with van der Waals surface area (Å²) in [6.07, 6.45) is 6.03. The van der Waals surface area contributed by atoms with Gasteiger partial charge in [0.25, 0.3) is 0 Å². The molecule has 2 nitrogen and oxygen atoms in total. The zero-order valence-corrected chi connectivity index (χ0v) is 10.3. The molecule has 1 saturated carbocycles. The molecule has 1 aliphatic rings. The Morgan fingerprint density at radius 2 is 1.88 bits per heavy atom. The average molecular weight is 237 g/mol. The van der Waals surface area contributed by atoms with E-state index in [4.69, 9.17) is 5.73 Å². The summed E-state index contributed by atoms with van der Waals surface area (Å²) >= 11 is 0. The van der Waals surface area contributed by atoms with E-state index in [2.05, 4.69) is 0 Å². The van der Waals surface area contributed by atoms with Crippen molar-refractivity contribution in [1.29, 1.82) is 0 Å². The van der Waals surface area contributed by atoms with E-state index in [-0.39, 0.29) is 0 Å². The first kappa shape index (κ1) is 11.6. The molecule has 1 unspecified atom stereocenters. The van der Waals surface area contributed by atoms with Crippen molar-refractivity contribution >= 4 is 16.5 Å². The van der Waals surface area contributed by atoms with Crippen molar-refractivity contribution in [2.75, 3.05) is 5.73 Å². The van der Waals surface area contributed by atoms with Gasteiger partial charge in [-0.25, -0.2) is 0 Å². The van der Waals surface area contributed by atoms with Gasteiger partial charge in [-0.2, -0.15) is 0 Å². The third-order valence-electron chi connectivity index (χ3n) is 3.28. The van der Waals surface area contributed by atoms with E-state index in [9.17, 15) is 4.21 Å². The molecule has 88 valence electrons. The number of anilines is 1. The molecule has 0 heterocycles. The lowest BCUT2D eigenvalue weighted by Crippen LogP contribution is -2.20. The summed E-state index contributed by atoms with van der Waals surface area (Å²) < 4.78 is 12.2. The number of nitrogens with two attached hydrogens (primary N) is 1. The van der Waals surface area contributed by atoms with Crippen molar-refractivity contribution < 1.29 is 4.21 Å². The van der Waals surface area contributed by atoms with Crippen LogP contribution in [0, 0.1) is 0 Å². The van der Waals surface area contributed by atoms with Gasteiger partial charge in [0.1, 0.15) is 0 Å². The summed E-state index contributed by atoms with van der Waals surface area (Å²) in [4.78, 5) is 0. The standard InChI is InChI=1S/C13H19NOS/c14-13-9-5-4-6-11(13)10-16(15)12-7-2-1-3-8-12/h4-6,9,12H,1-3,7-8,10,14H2. The fraction of sp³-hybridized carbons (Fsp3) is 0.538. The molecule has 0 radical (unpaired) electrons. The van der Waals surface area contributed by atoms with Crippen LogP contribution in [0.2, 0.25) is 0 Å². The van der Waals surface area contributed by atoms with Crippen molar-refractivity contribution in [2.45, 2.75) is 43.1 Å². The molecule has 1 aliphatic carbocycles. The quantitative estimate of drug-likeness (QED) is 0.821. The molecule has 0 bridgehead atoms. The van der Waals surface area contributed by atoms with Crippen molar-refractivity contribution in [2.24, 2.45) is 0 Å². The zero-order valence-electron chi connectivity index (χ0n) is 9.52. The molecule has 0 aliphatic heterocycles. The first-order chi connectivity index (χ1) is 7.77. The maximum Gasteiger partial charge on any atom is 0.0508 e. The first-order valence-corrected chi connectivity index (χ1v) is 7.36. The number of hydrogen-bond donors (Lipinski definition) is 1. The van der Waals surface area contributed by atoms with E-state index >= 15 is 0 Å². The molecule has 1 fully saturated rings. The van der Waals surface area contributed by atoms with Crippen LogP contribution in [-0.2, 0) is 16.6 Å². The van der Waals surface area contributed by atoms with Gasteiger partial charge < -0.3 is 5.73 Å². The predicted octanol–water partition coefficient (Wildman–Crippen LogP) is 2.85. The second kappa shape index (κ2) is 5.48. The van der Waals surface area contributed by atoms with Gasteiger partial charge in [-0.05, 0) is 24.5 Å². The highest BCUT2D eigenvalue weighted by atomic mass is 32.2. The van der Waals surface area contributed by atoms with Gasteiger partial charge in [-0.15, -0.1) is 0 Å². The van der Waals surface area contributed by atoms with Gasteiger partial charge >= 0.3 is 0 Å². The van der Waals surface area contributed by atoms with Crippen LogP contribution in [-0.4, -0.2) is 9.46 Å². The molecule has 0 saturated heterocycles. The first-order valence-electron chi connectivity index (χ1n) is 5.98. The summed E-state index contributed by atoms with van der Waals surface area (Å²) in [5.41, 5.74) is 7.67. The van der Waals surface area contributed by atoms with Crippen LogP contribution in [0.3, 0.4) is 0 Å². The van der Waals surface area contributed by atoms with Crippen LogP contribution < -0.4 is 5.73 Å². The van der Waals surface area contributed by atoms with Crippen molar-refractivity contribution in [1.82, 2.24) is 0 Å². The maximum atomic E-state index is 12.2. The minimum absolute atomic E-state index is 0.397. The Balaban J connectivity index is 1.99. The molecule has 1 aromatic carbocycles. The van der Waals surface area contributed by atoms with Crippen molar-refractivity contribution in [3.05, 3.63) is 29.8 Å². The summed E-state index contributed by atoms with van der Waals surface area (Å²) in [6, 6.07) is 7.75. The summed E-state index contributed by atoms with van der Waals surface area (Å²) in [6.45, 7) is 0. The van der Waals surface area contributed by atoms with E-state index in [0.29, 0.717) is 11.0 Å². The molecule has 3 heteroatoms. The SMILES string of the molecule is Nc1ccccc1CS(=O)C1CCCCC1. The molecule has 16 heavy (non-hydrogen) atoms. The number of nitrogen functional groups attached to an aromatic ring is 1. The Kier molecular flexibility index (Phi) is 3.99. The zero-order chi connectivity index (χ0) is 11.4. The third kappa shape index (κ3) is 2.85. The molecule has 1 atom stereocenters. The smallest absolute Gasteiger partial charge is 0.0508 e. The van der Waals surface area contributed by atoms with E-state index in [1.54, 1.807) is 0 Å². The maximum absolute atomic E-state index is 12.2. The lowest BCUT2D eigenvalue weighted by Gasteiger charge is -2.21. The van der Waals surface area contributed by atoms with Crippen LogP contribution in [0.25, 0.3) is 0 Å². The van der Waals surface area contributed by atoms with Crippen LogP contribution in [0.15, 0.2) is 24.3 Å². The lowest BCUT2D eigenvalue weighted by molar-refractivity contribution is 0.504. The molecule has 2 rings (SSSR count). The van der Waals surface area contributed by atoms with Gasteiger partial charge in [-0.1, -0.05) is 37.5 Å². The highest BCUT2D eigenvalue weighted by molar-refractivity contribution is 7.84. The highest BCUT2D eigenvalue weighted by Gasteiger charge is 2.20. The Morgan fingerprint density at radius 3 is 2.56 bits per heavy atom. The number of rotatable bonds is 3. The normalized spacial score (nSPS) is 19.5. The number of para-hydroxylation sites is 1. The molecule has 1 aromatic rings. The van der Waals surface area contributed by atoms with E-state index in [0.717, 1.165) is 24.1 Å². The van der Waals surface area contributed by atoms with E-state index < -0.39 is 10.8 Å². The van der Waals surface area contributed by atoms with Crippen molar-refractivity contribution in [3.8, 4) is 0 Å². The fourth-order valence-electron chi connectivity index (χ4n) is 2.26. The minimum Gasteiger partial charge on any atom is -0.398 e. The third-order valence-corrected chi connectivity index (χ3v) is 5.09. The highest BCUT2D eigenvalue weighted by Crippen LogP contribution is 2.24. The molecule has 2 N–H and O–H groups in total. The Morgan fingerprint density at radius 1 is 1.19 bits per heavy atom. The monoisotopic (exact) mass is 237 g/mol. The minimum atomic E-state index is -0.748. The molecular weight excluding hydrogens is 218 g/mol. The number of benzene rings is 1. The lowest BCUT2D eigenvalue weighted by atomic mass is 10.0. The Hall–Kier alpha value is -0.830. The Labute approximate surface area is 99.7 Å². The molecule has 0 spiro atoms. The van der Waals surface area contributed by atoms with Crippen LogP contribution in [0.4, 0.5) is 5.69 Å². The molecule has 0 amide bonds. The summed E-state index contributed by atoms with van der Waals surface area (Å²) in [7, 11) is -0.748. The number of hydrogen-bond acceptors (Lipinski definition) is 2. The second-order valence-electron chi connectivity index (χ2n) is 4.48. The topological polar surface area (TPSA) is 43.1 Å². The van der Waals surface area contributed by atoms with Crippen LogP contribution >= 0.6 is 0 Å². The summed E-state index contributed by atoms with van der Waals surface area (Å²) in [5, 5.41) is 0.397. The van der Waals surface area contributed by atoms with Gasteiger partial charge in [0.15, 0.2) is 0 Å². The van der Waals surface area contributed by atoms with E-state index in [1.807, 2.05) is 24.3 Å². The van der Waals surface area contributed by atoms with Gasteiger partial charge in [0.05, 0.1) is 5.75 Å². The van der Waals surface area contributed by atoms with Crippen molar-refractivity contribution in [3.63, 3.8) is 0 Å². The van der Waals surface area contributed by atoms with Gasteiger partial charge in [0.2, 0.25) is 0 Å². The molecular formula is C13H19NOS. The molecule has 0 aromatic heterocycles. The van der Waals surface area contributed by atoms with E-state index in [1.165, 1.54) is 19.3 Å². The van der Waals surface area contributed by atoms with Crippen LogP contribution in [0.1, 0.15) is 37.7 Å².